The lowest BCUT2D eigenvalue weighted by Gasteiger charge is -2.28. The van der Waals surface area contributed by atoms with Crippen molar-refractivity contribution in [1.29, 1.82) is 0 Å². The Morgan fingerprint density at radius 3 is 1.37 bits per heavy atom. The van der Waals surface area contributed by atoms with Crippen molar-refractivity contribution in [2.24, 2.45) is 11.8 Å². The Kier molecular flexibility index (Phi) is 8.06. The van der Waals surface area contributed by atoms with Gasteiger partial charge in [-0.05, 0) is 48.6 Å². The molecule has 1 aliphatic rings. The molecule has 0 aromatic heterocycles. The summed E-state index contributed by atoms with van der Waals surface area (Å²) < 4.78 is 0. The van der Waals surface area contributed by atoms with Gasteiger partial charge in [-0.2, -0.15) is 0 Å². The minimum Gasteiger partial charge on any atom is -0.349 e. The van der Waals surface area contributed by atoms with Crippen molar-refractivity contribution in [2.45, 2.75) is 64.5 Å². The van der Waals surface area contributed by atoms with E-state index in [2.05, 4.69) is 48.7 Å². The maximum Gasteiger partial charge on any atom is 0.220 e. The van der Waals surface area contributed by atoms with Gasteiger partial charge in [0, 0.05) is 12.8 Å². The second-order valence-corrected chi connectivity index (χ2v) is 8.65. The molecule has 160 valence electrons. The summed E-state index contributed by atoms with van der Waals surface area (Å²) in [5, 5.41) is 6.53. The summed E-state index contributed by atoms with van der Waals surface area (Å²) in [5.41, 5.74) is 2.26. The van der Waals surface area contributed by atoms with E-state index in [1.54, 1.807) is 0 Å². The summed E-state index contributed by atoms with van der Waals surface area (Å²) in [7, 11) is 0. The number of amides is 2. The maximum atomic E-state index is 12.7. The highest BCUT2D eigenvalue weighted by molar-refractivity contribution is 5.77. The van der Waals surface area contributed by atoms with Crippen molar-refractivity contribution in [3.8, 4) is 0 Å². The molecule has 0 bridgehead atoms. The van der Waals surface area contributed by atoms with E-state index in [1.165, 1.54) is 0 Å². The van der Waals surface area contributed by atoms with Crippen LogP contribution < -0.4 is 10.6 Å². The molecule has 2 N–H and O–H groups in total. The zero-order valence-electron chi connectivity index (χ0n) is 18.1. The van der Waals surface area contributed by atoms with E-state index >= 15 is 0 Å². The Balaban J connectivity index is 1.74. The van der Waals surface area contributed by atoms with Gasteiger partial charge in [-0.3, -0.25) is 9.59 Å². The number of carbonyl (C=O) groups is 2. The summed E-state index contributed by atoms with van der Waals surface area (Å²) in [6.07, 6.45) is 4.41. The van der Waals surface area contributed by atoms with Crippen LogP contribution in [-0.2, 0) is 9.59 Å². The van der Waals surface area contributed by atoms with Crippen molar-refractivity contribution >= 4 is 11.8 Å². The smallest absolute Gasteiger partial charge is 0.220 e. The highest BCUT2D eigenvalue weighted by atomic mass is 16.2. The van der Waals surface area contributed by atoms with Crippen LogP contribution in [-0.4, -0.2) is 11.8 Å². The van der Waals surface area contributed by atoms with Crippen LogP contribution in [0, 0.1) is 11.8 Å². The molecule has 1 aliphatic heterocycles. The average Bonchev–Trinajstić information content (AvgIpc) is 2.76. The minimum atomic E-state index is -0.0146. The standard InChI is InChI=1S/C26H34N2O2/c1-19-11-9-17-24(30)28-26(22-15-7-4-8-16-22)20(2)12-10-18-23(29)27-25(19)21-13-5-3-6-14-21/h3-8,13-16,19-20,25-26H,9-12,17-18H2,1-2H3,(H,27,29)(H,28,30)/t19-,20-,25-,26+/m0/s1. The zero-order valence-corrected chi connectivity index (χ0v) is 18.1. The van der Waals surface area contributed by atoms with Gasteiger partial charge in [0.1, 0.15) is 0 Å². The summed E-state index contributed by atoms with van der Waals surface area (Å²) in [5.74, 6) is 0.743. The first-order chi connectivity index (χ1) is 14.5. The third-order valence-electron chi connectivity index (χ3n) is 6.22. The number of benzene rings is 2. The third-order valence-corrected chi connectivity index (χ3v) is 6.22. The second kappa shape index (κ2) is 11.0. The number of nitrogens with one attached hydrogen (secondary N) is 2. The zero-order chi connectivity index (χ0) is 21.3. The number of carbonyl (C=O) groups excluding carboxylic acids is 2. The van der Waals surface area contributed by atoms with Gasteiger partial charge in [0.15, 0.2) is 0 Å². The molecule has 1 saturated heterocycles. The van der Waals surface area contributed by atoms with Gasteiger partial charge in [0.2, 0.25) is 11.8 Å². The molecule has 0 unspecified atom stereocenters. The summed E-state index contributed by atoms with van der Waals surface area (Å²) in [6, 6.07) is 20.3. The van der Waals surface area contributed by atoms with Crippen LogP contribution in [0.4, 0.5) is 0 Å². The van der Waals surface area contributed by atoms with Crippen molar-refractivity contribution in [1.82, 2.24) is 10.6 Å². The lowest BCUT2D eigenvalue weighted by atomic mass is 9.88. The number of hydrogen-bond donors (Lipinski definition) is 2. The Morgan fingerprint density at radius 2 is 1.00 bits per heavy atom. The molecule has 2 aromatic carbocycles. The fourth-order valence-electron chi connectivity index (χ4n) is 4.42. The maximum absolute atomic E-state index is 12.7. The first kappa shape index (κ1) is 22.1. The lowest BCUT2D eigenvalue weighted by Crippen LogP contribution is -2.35. The fraction of sp³-hybridized carbons (Fsp3) is 0.462. The quantitative estimate of drug-likeness (QED) is 0.708. The molecule has 1 heterocycles. The lowest BCUT2D eigenvalue weighted by molar-refractivity contribution is -0.124. The van der Waals surface area contributed by atoms with Crippen LogP contribution in [0.1, 0.15) is 75.6 Å². The van der Waals surface area contributed by atoms with Crippen molar-refractivity contribution in [3.05, 3.63) is 71.8 Å². The van der Waals surface area contributed by atoms with Crippen molar-refractivity contribution in [2.75, 3.05) is 0 Å². The van der Waals surface area contributed by atoms with Gasteiger partial charge in [0.05, 0.1) is 12.1 Å². The van der Waals surface area contributed by atoms with E-state index in [-0.39, 0.29) is 35.7 Å². The van der Waals surface area contributed by atoms with E-state index in [9.17, 15) is 9.59 Å². The van der Waals surface area contributed by atoms with Gasteiger partial charge >= 0.3 is 0 Å². The molecule has 0 radical (unpaired) electrons. The van der Waals surface area contributed by atoms with E-state index in [1.807, 2.05) is 36.4 Å². The monoisotopic (exact) mass is 406 g/mol. The molecule has 3 rings (SSSR count). The predicted molar refractivity (Wildman–Crippen MR) is 121 cm³/mol. The van der Waals surface area contributed by atoms with E-state index in [0.29, 0.717) is 12.8 Å². The molecule has 0 spiro atoms. The van der Waals surface area contributed by atoms with Crippen LogP contribution in [0.25, 0.3) is 0 Å². The van der Waals surface area contributed by atoms with E-state index < -0.39 is 0 Å². The molecule has 2 amide bonds. The van der Waals surface area contributed by atoms with Gasteiger partial charge in [0.25, 0.3) is 0 Å². The predicted octanol–water partition coefficient (Wildman–Crippen LogP) is 5.33. The summed E-state index contributed by atoms with van der Waals surface area (Å²) in [6.45, 7) is 4.33. The van der Waals surface area contributed by atoms with Gasteiger partial charge < -0.3 is 10.6 Å². The highest BCUT2D eigenvalue weighted by Gasteiger charge is 2.25. The Labute approximate surface area is 180 Å². The Bertz CT molecular complexity index is 737. The average molecular weight is 407 g/mol. The molecular formula is C26H34N2O2. The first-order valence-electron chi connectivity index (χ1n) is 11.2. The van der Waals surface area contributed by atoms with Crippen LogP contribution in [0.15, 0.2) is 60.7 Å². The molecule has 30 heavy (non-hydrogen) atoms. The van der Waals surface area contributed by atoms with Gasteiger partial charge in [-0.25, -0.2) is 0 Å². The summed E-state index contributed by atoms with van der Waals surface area (Å²) in [4.78, 5) is 25.4. The fourth-order valence-corrected chi connectivity index (χ4v) is 4.42. The van der Waals surface area contributed by atoms with Gasteiger partial charge in [-0.15, -0.1) is 0 Å². The summed E-state index contributed by atoms with van der Waals surface area (Å²) >= 11 is 0. The van der Waals surface area contributed by atoms with Crippen LogP contribution >= 0.6 is 0 Å². The van der Waals surface area contributed by atoms with Crippen LogP contribution in [0.5, 0.6) is 0 Å². The topological polar surface area (TPSA) is 58.2 Å². The molecule has 4 atom stereocenters. The van der Waals surface area contributed by atoms with Crippen LogP contribution in [0.2, 0.25) is 0 Å². The molecule has 0 saturated carbocycles. The van der Waals surface area contributed by atoms with Crippen molar-refractivity contribution in [3.63, 3.8) is 0 Å². The molecule has 4 nitrogen and oxygen atoms in total. The Morgan fingerprint density at radius 1 is 0.633 bits per heavy atom. The van der Waals surface area contributed by atoms with Gasteiger partial charge in [-0.1, -0.05) is 74.5 Å². The highest BCUT2D eigenvalue weighted by Crippen LogP contribution is 2.29. The normalized spacial score (nSPS) is 26.9. The molecule has 1 fully saturated rings. The third kappa shape index (κ3) is 6.19. The molecule has 4 heteroatoms. The SMILES string of the molecule is C[C@H]1CCCC(=O)N[C@@H](c2ccccc2)[C@@H](C)CCCC(=O)N[C@@H]1c1ccccc1. The molecule has 2 aromatic rings. The minimum absolute atomic E-state index is 0.0146. The number of rotatable bonds is 2. The Hall–Kier alpha value is -2.62. The molecule has 0 aliphatic carbocycles. The number of hydrogen-bond acceptors (Lipinski definition) is 2. The largest absolute Gasteiger partial charge is 0.349 e. The second-order valence-electron chi connectivity index (χ2n) is 8.65. The van der Waals surface area contributed by atoms with E-state index in [0.717, 1.165) is 36.8 Å². The molecular weight excluding hydrogens is 372 g/mol. The van der Waals surface area contributed by atoms with Crippen molar-refractivity contribution < 1.29 is 9.59 Å². The first-order valence-corrected chi connectivity index (χ1v) is 11.2. The van der Waals surface area contributed by atoms with E-state index in [4.69, 9.17) is 0 Å². The van der Waals surface area contributed by atoms with Crippen LogP contribution in [0.3, 0.4) is 0 Å².